The number of imidazole rings is 1. The van der Waals surface area contributed by atoms with Gasteiger partial charge < -0.3 is 9.99 Å². The van der Waals surface area contributed by atoms with Gasteiger partial charge in [-0.2, -0.15) is 0 Å². The van der Waals surface area contributed by atoms with Gasteiger partial charge in [0, 0.05) is 29.5 Å². The molecule has 0 fully saturated rings. The molecular weight excluding hydrogens is 248 g/mol. The van der Waals surface area contributed by atoms with Crippen molar-refractivity contribution >= 4 is 0 Å². The second kappa shape index (κ2) is 5.25. The lowest BCUT2D eigenvalue weighted by molar-refractivity contribution is 0.792. The smallest absolute Gasteiger partial charge is 0.0991 e. The molecule has 20 heavy (non-hydrogen) atoms. The number of hydrogen-bond donors (Lipinski definition) is 1. The van der Waals surface area contributed by atoms with Crippen LogP contribution in [0.4, 0.5) is 0 Å². The van der Waals surface area contributed by atoms with E-state index in [-0.39, 0.29) is 0 Å². The monoisotopic (exact) mass is 266 g/mol. The average molecular weight is 266 g/mol. The molecule has 0 radical (unpaired) electrons. The molecule has 0 aliphatic rings. The average Bonchev–Trinajstić information content (AvgIpc) is 3.09. The summed E-state index contributed by atoms with van der Waals surface area (Å²) in [5.74, 6) is 0. The number of hydrogen-bond acceptors (Lipinski definition) is 2. The fourth-order valence-corrected chi connectivity index (χ4v) is 2.29. The van der Waals surface area contributed by atoms with Gasteiger partial charge in [0.2, 0.25) is 0 Å². The van der Waals surface area contributed by atoms with Crippen molar-refractivity contribution in [2.24, 2.45) is 0 Å². The summed E-state index contributed by atoms with van der Waals surface area (Å²) in [6, 6.07) is 12.7. The van der Waals surface area contributed by atoms with E-state index in [1.54, 1.807) is 12.5 Å². The minimum atomic E-state index is 0.806. The van der Waals surface area contributed by atoms with Crippen molar-refractivity contribution in [2.45, 2.75) is 20.4 Å². The van der Waals surface area contributed by atoms with Gasteiger partial charge in [-0.05, 0) is 43.7 Å². The molecule has 102 valence electrons. The van der Waals surface area contributed by atoms with Crippen LogP contribution >= 0.6 is 0 Å². The van der Waals surface area contributed by atoms with Crippen LogP contribution in [-0.4, -0.2) is 14.2 Å². The number of aromatic nitrogens is 3. The third-order valence-electron chi connectivity index (χ3n) is 3.45. The molecule has 0 saturated heterocycles. The molecule has 4 nitrogen and oxygen atoms in total. The number of nitrogens with one attached hydrogen (secondary N) is 1. The number of benzene rings is 1. The summed E-state index contributed by atoms with van der Waals surface area (Å²) in [6.45, 7) is 5.00. The van der Waals surface area contributed by atoms with Crippen molar-refractivity contribution in [2.75, 3.05) is 5.43 Å². The van der Waals surface area contributed by atoms with Crippen molar-refractivity contribution < 1.29 is 0 Å². The van der Waals surface area contributed by atoms with Gasteiger partial charge in [0.1, 0.15) is 0 Å². The molecule has 0 bridgehead atoms. The Labute approximate surface area is 118 Å². The summed E-state index contributed by atoms with van der Waals surface area (Å²) < 4.78 is 4.11. The molecule has 0 aliphatic heterocycles. The maximum atomic E-state index is 4.06. The second-order valence-electron chi connectivity index (χ2n) is 4.92. The summed E-state index contributed by atoms with van der Waals surface area (Å²) in [4.78, 5) is 4.06. The zero-order chi connectivity index (χ0) is 13.9. The molecule has 2 heterocycles. The first-order valence-electron chi connectivity index (χ1n) is 6.70. The molecule has 1 aromatic carbocycles. The van der Waals surface area contributed by atoms with E-state index < -0.39 is 0 Å². The maximum absolute atomic E-state index is 4.06. The van der Waals surface area contributed by atoms with Crippen LogP contribution in [0.1, 0.15) is 17.0 Å². The quantitative estimate of drug-likeness (QED) is 0.787. The first-order valence-corrected chi connectivity index (χ1v) is 6.70. The highest BCUT2D eigenvalue weighted by molar-refractivity contribution is 5.35. The highest BCUT2D eigenvalue weighted by Gasteiger charge is 2.01. The molecule has 3 aromatic rings. The van der Waals surface area contributed by atoms with Crippen molar-refractivity contribution in [1.82, 2.24) is 14.2 Å². The van der Waals surface area contributed by atoms with Gasteiger partial charge in [-0.3, -0.25) is 4.68 Å². The van der Waals surface area contributed by atoms with Crippen LogP contribution in [0.5, 0.6) is 0 Å². The van der Waals surface area contributed by atoms with Gasteiger partial charge in [-0.1, -0.05) is 12.1 Å². The molecule has 0 amide bonds. The number of aryl methyl sites for hydroxylation is 2. The van der Waals surface area contributed by atoms with E-state index >= 15 is 0 Å². The first kappa shape index (κ1) is 12.5. The number of nitrogens with zero attached hydrogens (tertiary/aromatic N) is 3. The summed E-state index contributed by atoms with van der Waals surface area (Å²) in [5, 5.41) is 0. The Bertz CT molecular complexity index is 658. The topological polar surface area (TPSA) is 34.8 Å². The predicted molar refractivity (Wildman–Crippen MR) is 80.5 cm³/mol. The zero-order valence-corrected chi connectivity index (χ0v) is 11.7. The Morgan fingerprint density at radius 1 is 1.00 bits per heavy atom. The summed E-state index contributed by atoms with van der Waals surface area (Å²) in [6.07, 6.45) is 5.53. The fourth-order valence-electron chi connectivity index (χ4n) is 2.29. The summed E-state index contributed by atoms with van der Waals surface area (Å²) in [5.41, 5.74) is 8.25. The maximum Gasteiger partial charge on any atom is 0.0991 e. The van der Waals surface area contributed by atoms with Crippen LogP contribution in [0.15, 0.2) is 55.1 Å². The van der Waals surface area contributed by atoms with E-state index in [0.717, 1.165) is 12.2 Å². The zero-order valence-electron chi connectivity index (χ0n) is 11.7. The van der Waals surface area contributed by atoms with Crippen molar-refractivity contribution in [3.8, 4) is 5.69 Å². The van der Waals surface area contributed by atoms with E-state index in [0.29, 0.717) is 0 Å². The lowest BCUT2D eigenvalue weighted by Crippen LogP contribution is -2.16. The van der Waals surface area contributed by atoms with Crippen LogP contribution in [0.2, 0.25) is 0 Å². The van der Waals surface area contributed by atoms with Gasteiger partial charge in [0.25, 0.3) is 0 Å². The Morgan fingerprint density at radius 3 is 2.30 bits per heavy atom. The van der Waals surface area contributed by atoms with E-state index in [4.69, 9.17) is 0 Å². The van der Waals surface area contributed by atoms with E-state index in [1.165, 1.54) is 17.0 Å². The van der Waals surface area contributed by atoms with Gasteiger partial charge in [-0.15, -0.1) is 0 Å². The van der Waals surface area contributed by atoms with Crippen molar-refractivity contribution in [3.63, 3.8) is 0 Å². The SMILES string of the molecule is Cc1ccc(C)n1NCc1ccc(-n2ccnc2)cc1. The standard InChI is InChI=1S/C16H18N4/c1-13-3-4-14(2)20(13)18-11-15-5-7-16(8-6-15)19-10-9-17-12-19/h3-10,12,18H,11H2,1-2H3. The van der Waals surface area contributed by atoms with E-state index in [1.807, 2.05) is 10.8 Å². The van der Waals surface area contributed by atoms with Gasteiger partial charge >= 0.3 is 0 Å². The molecule has 0 unspecified atom stereocenters. The van der Waals surface area contributed by atoms with E-state index in [2.05, 4.69) is 65.3 Å². The molecule has 3 rings (SSSR count). The Morgan fingerprint density at radius 2 is 1.70 bits per heavy atom. The molecule has 0 saturated carbocycles. The lowest BCUT2D eigenvalue weighted by atomic mass is 10.2. The van der Waals surface area contributed by atoms with Crippen LogP contribution < -0.4 is 5.43 Å². The first-order chi connectivity index (χ1) is 9.74. The molecule has 0 aliphatic carbocycles. The fraction of sp³-hybridized carbons (Fsp3) is 0.188. The normalized spacial score (nSPS) is 10.7. The van der Waals surface area contributed by atoms with Crippen molar-refractivity contribution in [1.29, 1.82) is 0 Å². The molecule has 2 aromatic heterocycles. The van der Waals surface area contributed by atoms with Gasteiger partial charge in [0.15, 0.2) is 0 Å². The largest absolute Gasteiger partial charge is 0.322 e. The van der Waals surface area contributed by atoms with E-state index in [9.17, 15) is 0 Å². The molecule has 0 spiro atoms. The van der Waals surface area contributed by atoms with Crippen LogP contribution in [0, 0.1) is 13.8 Å². The molecule has 4 heteroatoms. The Hall–Kier alpha value is -2.49. The third-order valence-corrected chi connectivity index (χ3v) is 3.45. The Kier molecular flexibility index (Phi) is 3.29. The highest BCUT2D eigenvalue weighted by atomic mass is 15.4. The number of rotatable bonds is 4. The highest BCUT2D eigenvalue weighted by Crippen LogP contribution is 2.10. The molecule has 0 atom stereocenters. The second-order valence-corrected chi connectivity index (χ2v) is 4.92. The van der Waals surface area contributed by atoms with Crippen LogP contribution in [-0.2, 0) is 6.54 Å². The summed E-state index contributed by atoms with van der Waals surface area (Å²) >= 11 is 0. The third kappa shape index (κ3) is 2.45. The molecule has 1 N–H and O–H groups in total. The lowest BCUT2D eigenvalue weighted by Gasteiger charge is -2.13. The van der Waals surface area contributed by atoms with Crippen LogP contribution in [0.3, 0.4) is 0 Å². The van der Waals surface area contributed by atoms with Crippen molar-refractivity contribution in [3.05, 3.63) is 72.1 Å². The minimum Gasteiger partial charge on any atom is -0.322 e. The van der Waals surface area contributed by atoms with Crippen LogP contribution in [0.25, 0.3) is 5.69 Å². The summed E-state index contributed by atoms with van der Waals surface area (Å²) in [7, 11) is 0. The van der Waals surface area contributed by atoms with Gasteiger partial charge in [-0.25, -0.2) is 4.98 Å². The molecular formula is C16H18N4. The predicted octanol–water partition coefficient (Wildman–Crippen LogP) is 3.03. The Balaban J connectivity index is 1.70. The van der Waals surface area contributed by atoms with Gasteiger partial charge in [0.05, 0.1) is 12.9 Å². The minimum absolute atomic E-state index is 0.806.